The van der Waals surface area contributed by atoms with Crippen molar-refractivity contribution in [2.75, 3.05) is 6.61 Å². The second-order valence-electron chi connectivity index (χ2n) is 4.15. The van der Waals surface area contributed by atoms with Crippen molar-refractivity contribution in [3.63, 3.8) is 0 Å². The number of hydrogen-bond acceptors (Lipinski definition) is 4. The Bertz CT molecular complexity index is 522. The van der Waals surface area contributed by atoms with Gasteiger partial charge in [0, 0.05) is 11.6 Å². The Morgan fingerprint density at radius 1 is 1.40 bits per heavy atom. The zero-order valence-electron chi connectivity index (χ0n) is 11.1. The number of carbonyl (C=O) groups excluding carboxylic acids is 1. The van der Waals surface area contributed by atoms with Gasteiger partial charge in [0.25, 0.3) is 0 Å². The zero-order chi connectivity index (χ0) is 15.1. The van der Waals surface area contributed by atoms with Crippen molar-refractivity contribution in [3.05, 3.63) is 34.9 Å². The minimum absolute atomic E-state index is 0.225. The maximum absolute atomic E-state index is 11.4. The lowest BCUT2D eigenvalue weighted by molar-refractivity contribution is -0.149. The third-order valence-electron chi connectivity index (χ3n) is 2.12. The van der Waals surface area contributed by atoms with E-state index in [1.165, 1.54) is 6.08 Å². The molecule has 1 N–H and O–H groups in total. The van der Waals surface area contributed by atoms with Gasteiger partial charge in [0.1, 0.15) is 5.75 Å². The van der Waals surface area contributed by atoms with Crippen molar-refractivity contribution >= 4 is 29.6 Å². The molecule has 0 saturated carbocycles. The van der Waals surface area contributed by atoms with E-state index < -0.39 is 11.9 Å². The van der Waals surface area contributed by atoms with Crippen molar-refractivity contribution in [1.29, 1.82) is 0 Å². The van der Waals surface area contributed by atoms with Crippen LogP contribution in [-0.4, -0.2) is 29.8 Å². The van der Waals surface area contributed by atoms with E-state index in [-0.39, 0.29) is 12.7 Å². The predicted molar refractivity (Wildman–Crippen MR) is 74.8 cm³/mol. The van der Waals surface area contributed by atoms with Crippen molar-refractivity contribution in [1.82, 2.24) is 0 Å². The Kier molecular flexibility index (Phi) is 6.06. The molecule has 5 nitrogen and oxygen atoms in total. The molecule has 0 amide bonds. The summed E-state index contributed by atoms with van der Waals surface area (Å²) in [4.78, 5) is 21.9. The van der Waals surface area contributed by atoms with Gasteiger partial charge < -0.3 is 14.6 Å². The lowest BCUT2D eigenvalue weighted by Crippen LogP contribution is -2.19. The molecule has 0 aliphatic rings. The van der Waals surface area contributed by atoms with E-state index in [1.54, 1.807) is 32.0 Å². The number of rotatable bonds is 6. The lowest BCUT2D eigenvalue weighted by atomic mass is 10.2. The minimum Gasteiger partial charge on any atom is -0.481 e. The number of carboxylic acid groups (broad SMARTS) is 1. The highest BCUT2D eigenvalue weighted by Crippen LogP contribution is 2.27. The minimum atomic E-state index is -1.10. The van der Waals surface area contributed by atoms with E-state index in [1.807, 2.05) is 0 Å². The van der Waals surface area contributed by atoms with E-state index in [9.17, 15) is 9.59 Å². The molecule has 6 heteroatoms. The van der Waals surface area contributed by atoms with Crippen LogP contribution < -0.4 is 4.74 Å². The first-order valence-corrected chi connectivity index (χ1v) is 6.29. The molecule has 0 radical (unpaired) electrons. The Hall–Kier alpha value is -2.01. The van der Waals surface area contributed by atoms with Gasteiger partial charge in [0.2, 0.25) is 0 Å². The third-order valence-corrected chi connectivity index (χ3v) is 2.45. The Balaban J connectivity index is 2.82. The highest BCUT2D eigenvalue weighted by atomic mass is 35.5. The number of ether oxygens (including phenoxy) is 2. The molecule has 0 saturated heterocycles. The number of esters is 1. The summed E-state index contributed by atoms with van der Waals surface area (Å²) in [7, 11) is 0. The SMILES string of the molecule is CC(C)OC(=O)COc1cccc(Cl)c1/C=C/C(=O)O. The number of benzene rings is 1. The highest BCUT2D eigenvalue weighted by molar-refractivity contribution is 6.32. The summed E-state index contributed by atoms with van der Waals surface area (Å²) in [5.74, 6) is -1.29. The predicted octanol–water partition coefficient (Wildman–Crippen LogP) is 2.77. The second-order valence-corrected chi connectivity index (χ2v) is 4.56. The van der Waals surface area contributed by atoms with E-state index in [0.717, 1.165) is 6.08 Å². The molecule has 0 unspecified atom stereocenters. The van der Waals surface area contributed by atoms with Crippen LogP contribution in [0.3, 0.4) is 0 Å². The highest BCUT2D eigenvalue weighted by Gasteiger charge is 2.10. The van der Waals surface area contributed by atoms with Gasteiger partial charge in [0.15, 0.2) is 6.61 Å². The van der Waals surface area contributed by atoms with Gasteiger partial charge in [-0.3, -0.25) is 0 Å². The van der Waals surface area contributed by atoms with E-state index >= 15 is 0 Å². The van der Waals surface area contributed by atoms with Crippen LogP contribution in [0.2, 0.25) is 5.02 Å². The second kappa shape index (κ2) is 7.55. The van der Waals surface area contributed by atoms with Crippen molar-refractivity contribution in [3.8, 4) is 5.75 Å². The molecule has 0 spiro atoms. The molecular weight excluding hydrogens is 284 g/mol. The average molecular weight is 299 g/mol. The van der Waals surface area contributed by atoms with Crippen molar-refractivity contribution < 1.29 is 24.2 Å². The number of halogens is 1. The third kappa shape index (κ3) is 5.32. The van der Waals surface area contributed by atoms with E-state index in [2.05, 4.69) is 0 Å². The summed E-state index contributed by atoms with van der Waals surface area (Å²) in [6.45, 7) is 3.20. The molecule has 0 fully saturated rings. The Morgan fingerprint density at radius 3 is 2.70 bits per heavy atom. The number of carbonyl (C=O) groups is 2. The van der Waals surface area contributed by atoms with Gasteiger partial charge >= 0.3 is 11.9 Å². The van der Waals surface area contributed by atoms with E-state index in [0.29, 0.717) is 16.3 Å². The van der Waals surface area contributed by atoms with Gasteiger partial charge in [-0.05, 0) is 32.1 Å². The first-order valence-electron chi connectivity index (χ1n) is 5.92. The standard InChI is InChI=1S/C14H15ClO5/c1-9(2)20-14(18)8-19-12-5-3-4-11(15)10(12)6-7-13(16)17/h3-7,9H,8H2,1-2H3,(H,16,17)/b7-6+. The number of aliphatic carboxylic acids is 1. The normalized spacial score (nSPS) is 10.8. The first kappa shape index (κ1) is 16.0. The summed E-state index contributed by atoms with van der Waals surface area (Å²) in [6, 6.07) is 4.84. The molecule has 0 aliphatic carbocycles. The van der Waals surface area contributed by atoms with Crippen LogP contribution in [0.4, 0.5) is 0 Å². The summed E-state index contributed by atoms with van der Waals surface area (Å²) >= 11 is 5.97. The molecular formula is C14H15ClO5. The quantitative estimate of drug-likeness (QED) is 0.646. The fourth-order valence-corrected chi connectivity index (χ4v) is 1.62. The fourth-order valence-electron chi connectivity index (χ4n) is 1.39. The molecule has 0 aromatic heterocycles. The van der Waals surface area contributed by atoms with Crippen LogP contribution in [0, 0.1) is 0 Å². The van der Waals surface area contributed by atoms with Gasteiger partial charge in [-0.2, -0.15) is 0 Å². The molecule has 0 atom stereocenters. The maximum Gasteiger partial charge on any atom is 0.344 e. The topological polar surface area (TPSA) is 72.8 Å². The molecule has 0 heterocycles. The van der Waals surface area contributed by atoms with Crippen LogP contribution >= 0.6 is 11.6 Å². The largest absolute Gasteiger partial charge is 0.481 e. The summed E-state index contributed by atoms with van der Waals surface area (Å²) in [5.41, 5.74) is 0.397. The van der Waals surface area contributed by atoms with E-state index in [4.69, 9.17) is 26.2 Å². The molecule has 108 valence electrons. The fraction of sp³-hybridized carbons (Fsp3) is 0.286. The monoisotopic (exact) mass is 298 g/mol. The summed E-state index contributed by atoms with van der Waals surface area (Å²) < 4.78 is 10.2. The Morgan fingerprint density at radius 2 is 2.10 bits per heavy atom. The smallest absolute Gasteiger partial charge is 0.344 e. The molecule has 0 bridgehead atoms. The lowest BCUT2D eigenvalue weighted by Gasteiger charge is -2.11. The zero-order valence-corrected chi connectivity index (χ0v) is 11.9. The molecule has 1 aromatic carbocycles. The van der Waals surface area contributed by atoms with Crippen LogP contribution in [0.25, 0.3) is 6.08 Å². The average Bonchev–Trinajstić information content (AvgIpc) is 2.34. The van der Waals surface area contributed by atoms with Crippen LogP contribution in [0.5, 0.6) is 5.75 Å². The molecule has 20 heavy (non-hydrogen) atoms. The van der Waals surface area contributed by atoms with Gasteiger partial charge in [0.05, 0.1) is 11.1 Å². The molecule has 1 aromatic rings. The van der Waals surface area contributed by atoms with Crippen molar-refractivity contribution in [2.45, 2.75) is 20.0 Å². The van der Waals surface area contributed by atoms with Gasteiger partial charge in [-0.1, -0.05) is 17.7 Å². The summed E-state index contributed by atoms with van der Waals surface area (Å²) in [6.07, 6.45) is 2.03. The maximum atomic E-state index is 11.4. The van der Waals surface area contributed by atoms with Crippen LogP contribution in [-0.2, 0) is 14.3 Å². The molecule has 1 rings (SSSR count). The van der Waals surface area contributed by atoms with Crippen LogP contribution in [0.15, 0.2) is 24.3 Å². The number of carboxylic acids is 1. The van der Waals surface area contributed by atoms with Crippen LogP contribution in [0.1, 0.15) is 19.4 Å². The van der Waals surface area contributed by atoms with Crippen molar-refractivity contribution in [2.24, 2.45) is 0 Å². The molecule has 0 aliphatic heterocycles. The summed E-state index contributed by atoms with van der Waals surface area (Å²) in [5, 5.41) is 8.96. The van der Waals surface area contributed by atoms with Gasteiger partial charge in [-0.25, -0.2) is 9.59 Å². The Labute approximate surface area is 121 Å². The first-order chi connectivity index (χ1) is 9.40. The van der Waals surface area contributed by atoms with Gasteiger partial charge in [-0.15, -0.1) is 0 Å². The number of hydrogen-bond donors (Lipinski definition) is 1.